The third kappa shape index (κ3) is 2.32. The van der Waals surface area contributed by atoms with Gasteiger partial charge < -0.3 is 10.2 Å². The Balaban J connectivity index is 3.02. The maximum absolute atomic E-state index is 10.3. The SMILES string of the molecule is O=Cc1ccc(C#CCO)cc1O. The lowest BCUT2D eigenvalue weighted by molar-refractivity contribution is 0.112. The van der Waals surface area contributed by atoms with Crippen molar-refractivity contribution in [1.29, 1.82) is 0 Å². The average Bonchev–Trinajstić information content (AvgIpc) is 2.15. The number of phenols is 1. The van der Waals surface area contributed by atoms with Gasteiger partial charge in [0.15, 0.2) is 6.29 Å². The van der Waals surface area contributed by atoms with Gasteiger partial charge in [-0.1, -0.05) is 11.8 Å². The fraction of sp³-hybridized carbons (Fsp3) is 0.100. The zero-order valence-corrected chi connectivity index (χ0v) is 6.82. The van der Waals surface area contributed by atoms with Crippen LogP contribution in [-0.4, -0.2) is 23.1 Å². The summed E-state index contributed by atoms with van der Waals surface area (Å²) < 4.78 is 0. The molecule has 13 heavy (non-hydrogen) atoms. The van der Waals surface area contributed by atoms with E-state index in [4.69, 9.17) is 5.11 Å². The van der Waals surface area contributed by atoms with E-state index in [2.05, 4.69) is 11.8 Å². The van der Waals surface area contributed by atoms with Crippen molar-refractivity contribution >= 4 is 6.29 Å². The normalized spacial score (nSPS) is 8.69. The molecule has 0 aromatic heterocycles. The van der Waals surface area contributed by atoms with Crippen LogP contribution in [0.1, 0.15) is 15.9 Å². The first-order valence-corrected chi connectivity index (χ1v) is 3.66. The number of carbonyl (C=O) groups excluding carboxylic acids is 1. The van der Waals surface area contributed by atoms with Crippen LogP contribution in [0.4, 0.5) is 0 Å². The quantitative estimate of drug-likeness (QED) is 0.485. The van der Waals surface area contributed by atoms with Gasteiger partial charge >= 0.3 is 0 Å². The van der Waals surface area contributed by atoms with Crippen molar-refractivity contribution < 1.29 is 15.0 Å². The molecule has 1 aromatic carbocycles. The summed E-state index contributed by atoms with van der Waals surface area (Å²) in [5, 5.41) is 17.6. The molecule has 3 heteroatoms. The van der Waals surface area contributed by atoms with Crippen LogP contribution in [0.5, 0.6) is 5.75 Å². The van der Waals surface area contributed by atoms with Crippen LogP contribution in [0.2, 0.25) is 0 Å². The molecule has 0 aliphatic rings. The first-order valence-electron chi connectivity index (χ1n) is 3.66. The number of aliphatic hydroxyl groups is 1. The van der Waals surface area contributed by atoms with Crippen molar-refractivity contribution in [3.05, 3.63) is 29.3 Å². The minimum atomic E-state index is -0.226. The third-order valence-electron chi connectivity index (χ3n) is 1.47. The highest BCUT2D eigenvalue weighted by molar-refractivity contribution is 5.79. The van der Waals surface area contributed by atoms with Crippen LogP contribution in [0.25, 0.3) is 0 Å². The van der Waals surface area contributed by atoms with Crippen molar-refractivity contribution in [2.75, 3.05) is 6.61 Å². The first kappa shape index (κ1) is 9.30. The molecular formula is C10H8O3. The molecule has 0 saturated carbocycles. The van der Waals surface area contributed by atoms with Gasteiger partial charge in [-0.2, -0.15) is 0 Å². The van der Waals surface area contributed by atoms with E-state index in [1.807, 2.05) is 0 Å². The van der Waals surface area contributed by atoms with Gasteiger partial charge in [0.2, 0.25) is 0 Å². The van der Waals surface area contributed by atoms with Gasteiger partial charge in [0.25, 0.3) is 0 Å². The second kappa shape index (κ2) is 4.29. The van der Waals surface area contributed by atoms with Gasteiger partial charge in [-0.3, -0.25) is 4.79 Å². The second-order valence-corrected chi connectivity index (χ2v) is 2.35. The Kier molecular flexibility index (Phi) is 3.07. The molecule has 0 aliphatic carbocycles. The lowest BCUT2D eigenvalue weighted by Crippen LogP contribution is -1.83. The zero-order chi connectivity index (χ0) is 9.68. The summed E-state index contributed by atoms with van der Waals surface area (Å²) in [6.45, 7) is -0.226. The predicted molar refractivity (Wildman–Crippen MR) is 47.5 cm³/mol. The van der Waals surface area contributed by atoms with Gasteiger partial charge in [0.1, 0.15) is 12.4 Å². The van der Waals surface area contributed by atoms with Gasteiger partial charge in [0, 0.05) is 5.56 Å². The highest BCUT2D eigenvalue weighted by atomic mass is 16.3. The topological polar surface area (TPSA) is 57.5 Å². The number of hydrogen-bond acceptors (Lipinski definition) is 3. The minimum Gasteiger partial charge on any atom is -0.507 e. The molecule has 0 aliphatic heterocycles. The van der Waals surface area contributed by atoms with Crippen LogP contribution < -0.4 is 0 Å². The Morgan fingerprint density at radius 3 is 2.77 bits per heavy atom. The van der Waals surface area contributed by atoms with Crippen LogP contribution in [0.3, 0.4) is 0 Å². The van der Waals surface area contributed by atoms with Crippen LogP contribution in [0, 0.1) is 11.8 Å². The van der Waals surface area contributed by atoms with Crippen molar-refractivity contribution in [2.24, 2.45) is 0 Å². The standard InChI is InChI=1S/C10H8O3/c11-5-1-2-8-3-4-9(7-12)10(13)6-8/h3-4,6-7,11,13H,5H2. The van der Waals surface area contributed by atoms with E-state index in [0.29, 0.717) is 11.8 Å². The molecule has 0 bridgehead atoms. The van der Waals surface area contributed by atoms with E-state index >= 15 is 0 Å². The molecule has 0 unspecified atom stereocenters. The summed E-state index contributed by atoms with van der Waals surface area (Å²) >= 11 is 0. The average molecular weight is 176 g/mol. The Bertz CT molecular complexity index is 371. The number of hydrogen-bond donors (Lipinski definition) is 2. The summed E-state index contributed by atoms with van der Waals surface area (Å²) in [6.07, 6.45) is 0.568. The maximum atomic E-state index is 10.3. The summed E-state index contributed by atoms with van der Waals surface area (Å²) in [6, 6.07) is 4.46. The number of rotatable bonds is 1. The monoisotopic (exact) mass is 176 g/mol. The molecule has 0 radical (unpaired) electrons. The number of benzene rings is 1. The molecule has 0 fully saturated rings. The summed E-state index contributed by atoms with van der Waals surface area (Å²) in [7, 11) is 0. The third-order valence-corrected chi connectivity index (χ3v) is 1.47. The molecule has 3 nitrogen and oxygen atoms in total. The number of phenolic OH excluding ortho intramolecular Hbond substituents is 1. The summed E-state index contributed by atoms with van der Waals surface area (Å²) in [4.78, 5) is 10.3. The second-order valence-electron chi connectivity index (χ2n) is 2.35. The van der Waals surface area contributed by atoms with Crippen LogP contribution in [-0.2, 0) is 0 Å². The van der Waals surface area contributed by atoms with Gasteiger partial charge in [0.05, 0.1) is 5.56 Å². The van der Waals surface area contributed by atoms with Crippen LogP contribution in [0.15, 0.2) is 18.2 Å². The first-order chi connectivity index (χ1) is 6.27. The fourth-order valence-corrected chi connectivity index (χ4v) is 0.863. The van der Waals surface area contributed by atoms with Crippen molar-refractivity contribution in [3.8, 4) is 17.6 Å². The van der Waals surface area contributed by atoms with E-state index in [-0.39, 0.29) is 17.9 Å². The van der Waals surface area contributed by atoms with Crippen molar-refractivity contribution in [1.82, 2.24) is 0 Å². The molecule has 0 saturated heterocycles. The zero-order valence-electron chi connectivity index (χ0n) is 6.82. The Labute approximate surface area is 75.6 Å². The van der Waals surface area contributed by atoms with Gasteiger partial charge in [-0.25, -0.2) is 0 Å². The molecular weight excluding hydrogens is 168 g/mol. The number of carbonyl (C=O) groups is 1. The molecule has 0 spiro atoms. The molecule has 2 N–H and O–H groups in total. The number of aromatic hydroxyl groups is 1. The van der Waals surface area contributed by atoms with Crippen LogP contribution >= 0.6 is 0 Å². The van der Waals surface area contributed by atoms with E-state index in [0.717, 1.165) is 0 Å². The smallest absolute Gasteiger partial charge is 0.153 e. The fourth-order valence-electron chi connectivity index (χ4n) is 0.863. The largest absolute Gasteiger partial charge is 0.507 e. The Morgan fingerprint density at radius 2 is 2.23 bits per heavy atom. The molecule has 66 valence electrons. The van der Waals surface area contributed by atoms with Crippen molar-refractivity contribution in [3.63, 3.8) is 0 Å². The Morgan fingerprint density at radius 1 is 1.46 bits per heavy atom. The van der Waals surface area contributed by atoms with E-state index in [9.17, 15) is 9.90 Å². The van der Waals surface area contributed by atoms with Gasteiger partial charge in [-0.05, 0) is 18.2 Å². The van der Waals surface area contributed by atoms with E-state index in [1.165, 1.54) is 12.1 Å². The van der Waals surface area contributed by atoms with Crippen molar-refractivity contribution in [2.45, 2.75) is 0 Å². The summed E-state index contributed by atoms with van der Waals surface area (Å²) in [5.41, 5.74) is 0.798. The maximum Gasteiger partial charge on any atom is 0.153 e. The Hall–Kier alpha value is -1.79. The molecule has 1 rings (SSSR count). The molecule has 1 aromatic rings. The number of aliphatic hydroxyl groups excluding tert-OH is 1. The van der Waals surface area contributed by atoms with E-state index < -0.39 is 0 Å². The minimum absolute atomic E-state index is 0.0975. The number of aldehydes is 1. The molecule has 0 atom stereocenters. The molecule has 0 heterocycles. The highest BCUT2D eigenvalue weighted by Gasteiger charge is 1.98. The van der Waals surface area contributed by atoms with E-state index in [1.54, 1.807) is 6.07 Å². The lowest BCUT2D eigenvalue weighted by Gasteiger charge is -1.96. The molecule has 0 amide bonds. The predicted octanol–water partition coefficient (Wildman–Crippen LogP) is 0.548. The summed E-state index contributed by atoms with van der Waals surface area (Å²) in [5.74, 6) is 4.95. The highest BCUT2D eigenvalue weighted by Crippen LogP contribution is 2.15. The van der Waals surface area contributed by atoms with Gasteiger partial charge in [-0.15, -0.1) is 0 Å². The lowest BCUT2D eigenvalue weighted by atomic mass is 10.1.